The van der Waals surface area contributed by atoms with Gasteiger partial charge in [-0.2, -0.15) is 0 Å². The van der Waals surface area contributed by atoms with Gasteiger partial charge in [0.1, 0.15) is 0 Å². The number of carbonyl (C=O) groups excluding carboxylic acids is 1. The van der Waals surface area contributed by atoms with Crippen LogP contribution in [-0.2, 0) is 0 Å². The molecule has 1 aromatic heterocycles. The molecule has 0 N–H and O–H groups in total. The number of rotatable bonds is 1. The molecule has 1 heterocycles. The minimum Gasteiger partial charge on any atom is -0.298 e. The van der Waals surface area contributed by atoms with Crippen LogP contribution in [-0.4, -0.2) is 6.29 Å². The number of halogens is 1. The van der Waals surface area contributed by atoms with E-state index < -0.39 is 0 Å². The third-order valence-electron chi connectivity index (χ3n) is 1.81. The zero-order valence-electron chi connectivity index (χ0n) is 6.45. The average Bonchev–Trinajstić information content (AvgIpc) is 2.59. The van der Waals surface area contributed by atoms with Gasteiger partial charge in [0.2, 0.25) is 0 Å². The van der Waals surface area contributed by atoms with Crippen molar-refractivity contribution < 1.29 is 4.79 Å². The molecule has 0 radical (unpaired) electrons. The van der Waals surface area contributed by atoms with Gasteiger partial charge >= 0.3 is 0 Å². The van der Waals surface area contributed by atoms with Crippen molar-refractivity contribution in [2.45, 2.75) is 4.90 Å². The third-order valence-corrected chi connectivity index (χ3v) is 5.12. The maximum absolute atomic E-state index is 10.7. The van der Waals surface area contributed by atoms with Crippen molar-refractivity contribution in [1.82, 2.24) is 0 Å². The van der Waals surface area contributed by atoms with Gasteiger partial charge in [0, 0.05) is 18.7 Å². The van der Waals surface area contributed by atoms with Crippen LogP contribution in [0.1, 0.15) is 10.4 Å². The van der Waals surface area contributed by atoms with Crippen molar-refractivity contribution in [1.29, 1.82) is 0 Å². The Morgan fingerprint density at radius 1 is 1.54 bits per heavy atom. The van der Waals surface area contributed by atoms with Crippen molar-refractivity contribution in [2.24, 2.45) is 0 Å². The Bertz CT molecular complexity index is 476. The number of hydrogen-bond acceptors (Lipinski definition) is 3. The fraction of sp³-hybridized carbons (Fsp3) is 0. The molecule has 66 valence electrons. The van der Waals surface area contributed by atoms with E-state index in [1.807, 2.05) is 17.5 Å². The standard InChI is InChI=1S/C9H5IOS2/c10-7-8(12)6(4-11)3-5-1-2-13-9(5)7/h1-4,12H. The van der Waals surface area contributed by atoms with Crippen LogP contribution in [0.5, 0.6) is 0 Å². The molecule has 0 saturated carbocycles. The Balaban J connectivity index is 2.91. The second-order valence-electron chi connectivity index (χ2n) is 2.59. The lowest BCUT2D eigenvalue weighted by atomic mass is 10.2. The van der Waals surface area contributed by atoms with E-state index in [-0.39, 0.29) is 0 Å². The first-order chi connectivity index (χ1) is 6.24. The molecule has 0 atom stereocenters. The molecule has 0 aliphatic heterocycles. The zero-order chi connectivity index (χ0) is 9.42. The van der Waals surface area contributed by atoms with E-state index in [0.29, 0.717) is 5.56 Å². The summed E-state index contributed by atoms with van der Waals surface area (Å²) in [5, 5.41) is 3.14. The smallest absolute Gasteiger partial charge is 0.151 e. The van der Waals surface area contributed by atoms with Crippen molar-refractivity contribution in [3.05, 3.63) is 26.6 Å². The number of carbonyl (C=O) groups is 1. The lowest BCUT2D eigenvalue weighted by Crippen LogP contribution is -1.86. The monoisotopic (exact) mass is 320 g/mol. The van der Waals surface area contributed by atoms with Crippen LogP contribution in [0.2, 0.25) is 0 Å². The van der Waals surface area contributed by atoms with Gasteiger partial charge in [0.15, 0.2) is 6.29 Å². The number of thiol groups is 1. The van der Waals surface area contributed by atoms with E-state index in [2.05, 4.69) is 35.2 Å². The van der Waals surface area contributed by atoms with Crippen LogP contribution in [0.25, 0.3) is 10.1 Å². The Hall–Kier alpha value is -0.0700. The number of hydrogen-bond donors (Lipinski definition) is 1. The first-order valence-corrected chi connectivity index (χ1v) is 5.98. The van der Waals surface area contributed by atoms with E-state index in [1.54, 1.807) is 11.3 Å². The highest BCUT2D eigenvalue weighted by Gasteiger charge is 2.08. The molecule has 1 aromatic carbocycles. The summed E-state index contributed by atoms with van der Waals surface area (Å²) in [6.45, 7) is 0. The van der Waals surface area contributed by atoms with Gasteiger partial charge in [-0.3, -0.25) is 4.79 Å². The van der Waals surface area contributed by atoms with Gasteiger partial charge in [0.05, 0.1) is 0 Å². The number of benzene rings is 1. The number of aldehydes is 1. The highest BCUT2D eigenvalue weighted by Crippen LogP contribution is 2.32. The first kappa shape index (κ1) is 9.48. The molecule has 0 amide bonds. The minimum absolute atomic E-state index is 0.665. The predicted octanol–water partition coefficient (Wildman–Crippen LogP) is 3.61. The second-order valence-corrected chi connectivity index (χ2v) is 5.03. The molecule has 13 heavy (non-hydrogen) atoms. The molecule has 0 aliphatic carbocycles. The van der Waals surface area contributed by atoms with Crippen LogP contribution in [0.4, 0.5) is 0 Å². The van der Waals surface area contributed by atoms with Gasteiger partial charge in [-0.15, -0.1) is 24.0 Å². The fourth-order valence-electron chi connectivity index (χ4n) is 1.17. The first-order valence-electron chi connectivity index (χ1n) is 3.58. The maximum Gasteiger partial charge on any atom is 0.151 e. The molecule has 2 aromatic rings. The van der Waals surface area contributed by atoms with E-state index >= 15 is 0 Å². The summed E-state index contributed by atoms with van der Waals surface area (Å²) in [5.74, 6) is 0. The molecular weight excluding hydrogens is 315 g/mol. The quantitative estimate of drug-likeness (QED) is 0.483. The second kappa shape index (κ2) is 3.59. The van der Waals surface area contributed by atoms with Crippen LogP contribution < -0.4 is 0 Å². The molecular formula is C9H5IOS2. The molecule has 0 aliphatic rings. The van der Waals surface area contributed by atoms with Crippen molar-refractivity contribution in [2.75, 3.05) is 0 Å². The third kappa shape index (κ3) is 1.51. The summed E-state index contributed by atoms with van der Waals surface area (Å²) in [7, 11) is 0. The van der Waals surface area contributed by atoms with E-state index in [0.717, 1.165) is 20.1 Å². The molecule has 2 rings (SSSR count). The Kier molecular flexibility index (Phi) is 2.62. The van der Waals surface area contributed by atoms with Crippen LogP contribution >= 0.6 is 46.6 Å². The Morgan fingerprint density at radius 2 is 2.31 bits per heavy atom. The summed E-state index contributed by atoms with van der Waals surface area (Å²) in [4.78, 5) is 11.5. The Morgan fingerprint density at radius 3 is 3.00 bits per heavy atom. The minimum atomic E-state index is 0.665. The van der Waals surface area contributed by atoms with E-state index in [9.17, 15) is 4.79 Å². The van der Waals surface area contributed by atoms with Crippen LogP contribution in [0.3, 0.4) is 0 Å². The number of fused-ring (bicyclic) bond motifs is 1. The summed E-state index contributed by atoms with van der Waals surface area (Å²) in [6.07, 6.45) is 0.849. The summed E-state index contributed by atoms with van der Waals surface area (Å²) < 4.78 is 2.27. The number of thiophene rings is 1. The van der Waals surface area contributed by atoms with Gasteiger partial charge in [0.25, 0.3) is 0 Å². The molecule has 0 saturated heterocycles. The molecule has 1 nitrogen and oxygen atoms in total. The van der Waals surface area contributed by atoms with Crippen molar-refractivity contribution in [3.8, 4) is 0 Å². The lowest BCUT2D eigenvalue weighted by molar-refractivity contribution is 0.112. The summed E-state index contributed by atoms with van der Waals surface area (Å²) >= 11 is 8.21. The van der Waals surface area contributed by atoms with Gasteiger partial charge < -0.3 is 0 Å². The highest BCUT2D eigenvalue weighted by molar-refractivity contribution is 14.1. The van der Waals surface area contributed by atoms with Gasteiger partial charge in [-0.1, -0.05) is 0 Å². The molecule has 0 spiro atoms. The van der Waals surface area contributed by atoms with E-state index in [1.165, 1.54) is 4.70 Å². The molecule has 0 fully saturated rings. The van der Waals surface area contributed by atoms with E-state index in [4.69, 9.17) is 0 Å². The Labute approximate surface area is 98.7 Å². The summed E-state index contributed by atoms with van der Waals surface area (Å²) in [5.41, 5.74) is 0.665. The molecule has 4 heteroatoms. The largest absolute Gasteiger partial charge is 0.298 e. The fourth-order valence-corrected chi connectivity index (χ4v) is 3.30. The lowest BCUT2D eigenvalue weighted by Gasteiger charge is -2.01. The van der Waals surface area contributed by atoms with Crippen molar-refractivity contribution in [3.63, 3.8) is 0 Å². The molecule has 0 unspecified atom stereocenters. The predicted molar refractivity (Wildman–Crippen MR) is 67.2 cm³/mol. The SMILES string of the molecule is O=Cc1cc2ccsc2c(I)c1S. The normalized spacial score (nSPS) is 10.6. The van der Waals surface area contributed by atoms with Gasteiger partial charge in [-0.25, -0.2) is 0 Å². The van der Waals surface area contributed by atoms with Crippen molar-refractivity contribution >= 4 is 62.9 Å². The van der Waals surface area contributed by atoms with Gasteiger partial charge in [-0.05, 0) is 45.5 Å². The zero-order valence-corrected chi connectivity index (χ0v) is 10.3. The maximum atomic E-state index is 10.7. The topological polar surface area (TPSA) is 17.1 Å². The van der Waals surface area contributed by atoms with Crippen LogP contribution in [0, 0.1) is 3.57 Å². The average molecular weight is 320 g/mol. The summed E-state index contributed by atoms with van der Waals surface area (Å²) in [6, 6.07) is 3.89. The molecule has 0 bridgehead atoms. The highest BCUT2D eigenvalue weighted by atomic mass is 127. The van der Waals surface area contributed by atoms with Crippen LogP contribution in [0.15, 0.2) is 22.4 Å².